The van der Waals surface area contributed by atoms with Gasteiger partial charge in [-0.3, -0.25) is 14.4 Å². The molecule has 2 amide bonds. The molecule has 0 fully saturated rings. The second kappa shape index (κ2) is 7.06. The first-order chi connectivity index (χ1) is 10.9. The number of rotatable bonds is 6. The number of carbonyl (C=O) groups excluding carboxylic acids is 3. The number of nitrogens with two attached hydrogens (primary N) is 1. The number of ketones is 1. The molecular formula is C16H17N3O3S. The molecule has 2 rings (SSSR count). The van der Waals surface area contributed by atoms with Crippen LogP contribution in [0.2, 0.25) is 0 Å². The second-order valence-corrected chi connectivity index (χ2v) is 5.94. The van der Waals surface area contributed by atoms with E-state index in [0.717, 1.165) is 0 Å². The largest absolute Gasteiger partial charge is 0.374 e. The maximum atomic E-state index is 12.2. The van der Waals surface area contributed by atoms with E-state index in [-0.39, 0.29) is 17.3 Å². The van der Waals surface area contributed by atoms with Crippen LogP contribution in [-0.2, 0) is 4.79 Å². The molecule has 0 aliphatic heterocycles. The van der Waals surface area contributed by atoms with E-state index < -0.39 is 11.9 Å². The third-order valence-electron chi connectivity index (χ3n) is 3.21. The van der Waals surface area contributed by atoms with E-state index >= 15 is 0 Å². The zero-order valence-electron chi connectivity index (χ0n) is 12.8. The monoisotopic (exact) mass is 331 g/mol. The number of amides is 2. The van der Waals surface area contributed by atoms with E-state index in [9.17, 15) is 14.4 Å². The summed E-state index contributed by atoms with van der Waals surface area (Å²) >= 11 is 1.23. The molecule has 1 heterocycles. The van der Waals surface area contributed by atoms with Crippen molar-refractivity contribution in [3.63, 3.8) is 0 Å². The van der Waals surface area contributed by atoms with Crippen LogP contribution in [-0.4, -0.2) is 23.6 Å². The number of nitrogens with one attached hydrogen (secondary N) is 2. The van der Waals surface area contributed by atoms with Gasteiger partial charge < -0.3 is 16.4 Å². The van der Waals surface area contributed by atoms with Gasteiger partial charge in [0.05, 0.1) is 5.56 Å². The average molecular weight is 331 g/mol. The van der Waals surface area contributed by atoms with Crippen molar-refractivity contribution in [1.29, 1.82) is 0 Å². The molecule has 0 aliphatic rings. The lowest BCUT2D eigenvalue weighted by Crippen LogP contribution is -2.32. The normalized spacial score (nSPS) is 11.6. The van der Waals surface area contributed by atoms with Crippen molar-refractivity contribution < 1.29 is 14.4 Å². The Balaban J connectivity index is 2.05. The number of hydrogen-bond acceptors (Lipinski definition) is 5. The van der Waals surface area contributed by atoms with E-state index in [4.69, 9.17) is 5.73 Å². The van der Waals surface area contributed by atoms with Crippen LogP contribution in [0.5, 0.6) is 0 Å². The van der Waals surface area contributed by atoms with Crippen LogP contribution in [0.4, 0.5) is 10.7 Å². The molecule has 0 saturated heterocycles. The molecule has 1 atom stereocenters. The van der Waals surface area contributed by atoms with E-state index in [2.05, 4.69) is 10.6 Å². The van der Waals surface area contributed by atoms with Crippen molar-refractivity contribution >= 4 is 39.6 Å². The topological polar surface area (TPSA) is 101 Å². The first-order valence-electron chi connectivity index (χ1n) is 6.94. The Kier molecular flexibility index (Phi) is 5.13. The maximum Gasteiger partial charge on any atom is 0.251 e. The van der Waals surface area contributed by atoms with Crippen LogP contribution in [0, 0.1) is 0 Å². The van der Waals surface area contributed by atoms with Crippen LogP contribution < -0.4 is 16.4 Å². The van der Waals surface area contributed by atoms with Gasteiger partial charge in [0, 0.05) is 11.3 Å². The fourth-order valence-corrected chi connectivity index (χ4v) is 2.76. The number of benzene rings is 1. The van der Waals surface area contributed by atoms with Gasteiger partial charge in [-0.2, -0.15) is 0 Å². The number of Topliss-reactive ketones (excluding diaryl/α,β-unsaturated/α-hetero) is 1. The zero-order valence-corrected chi connectivity index (χ0v) is 13.6. The fraction of sp³-hybridized carbons (Fsp3) is 0.188. The van der Waals surface area contributed by atoms with Crippen molar-refractivity contribution in [1.82, 2.24) is 0 Å². The minimum Gasteiger partial charge on any atom is -0.374 e. The Bertz CT molecular complexity index is 755. The molecule has 0 spiro atoms. The van der Waals surface area contributed by atoms with Crippen LogP contribution >= 0.6 is 11.3 Å². The highest BCUT2D eigenvalue weighted by molar-refractivity contribution is 7.14. The lowest BCUT2D eigenvalue weighted by Gasteiger charge is -2.15. The highest BCUT2D eigenvalue weighted by Gasteiger charge is 2.17. The number of thiophene rings is 1. The molecule has 0 unspecified atom stereocenters. The lowest BCUT2D eigenvalue weighted by atomic mass is 10.1. The molecule has 4 N–H and O–H groups in total. The molecule has 23 heavy (non-hydrogen) atoms. The summed E-state index contributed by atoms with van der Waals surface area (Å²) in [6.45, 7) is 3.17. The summed E-state index contributed by atoms with van der Waals surface area (Å²) < 4.78 is 0. The molecule has 1 aromatic carbocycles. The zero-order chi connectivity index (χ0) is 17.0. The van der Waals surface area contributed by atoms with Crippen molar-refractivity contribution in [2.75, 3.05) is 10.6 Å². The molecular weight excluding hydrogens is 314 g/mol. The molecule has 0 aliphatic carbocycles. The Morgan fingerprint density at radius 3 is 2.61 bits per heavy atom. The minimum absolute atomic E-state index is 0.0459. The van der Waals surface area contributed by atoms with Crippen LogP contribution in [0.1, 0.15) is 34.6 Å². The first-order valence-corrected chi connectivity index (χ1v) is 7.82. The van der Waals surface area contributed by atoms with Crippen molar-refractivity contribution in [3.8, 4) is 0 Å². The summed E-state index contributed by atoms with van der Waals surface area (Å²) in [5.41, 5.74) is 6.77. The van der Waals surface area contributed by atoms with E-state index in [0.29, 0.717) is 16.3 Å². The molecule has 120 valence electrons. The number of hydrogen-bond donors (Lipinski definition) is 3. The third-order valence-corrected chi connectivity index (χ3v) is 4.04. The van der Waals surface area contributed by atoms with Gasteiger partial charge in [0.15, 0.2) is 5.78 Å². The smallest absolute Gasteiger partial charge is 0.251 e. The van der Waals surface area contributed by atoms with Gasteiger partial charge >= 0.3 is 0 Å². The molecule has 6 nitrogen and oxygen atoms in total. The van der Waals surface area contributed by atoms with Crippen LogP contribution in [0.15, 0.2) is 35.7 Å². The summed E-state index contributed by atoms with van der Waals surface area (Å²) in [5, 5.41) is 7.81. The Hall–Kier alpha value is -2.67. The molecule has 7 heteroatoms. The van der Waals surface area contributed by atoms with E-state index in [1.165, 1.54) is 18.3 Å². The molecule has 2 aromatic rings. The number of carbonyl (C=O) groups is 3. The van der Waals surface area contributed by atoms with Gasteiger partial charge in [-0.1, -0.05) is 12.1 Å². The van der Waals surface area contributed by atoms with Gasteiger partial charge in [-0.15, -0.1) is 11.3 Å². The molecule has 1 aromatic heterocycles. The number of primary amides is 1. The van der Waals surface area contributed by atoms with Gasteiger partial charge in [0.25, 0.3) is 5.91 Å². The summed E-state index contributed by atoms with van der Waals surface area (Å²) in [4.78, 5) is 34.9. The highest BCUT2D eigenvalue weighted by Crippen LogP contribution is 2.23. The second-order valence-electron chi connectivity index (χ2n) is 5.02. The maximum absolute atomic E-state index is 12.2. The predicted octanol–water partition coefficient (Wildman–Crippen LogP) is 2.49. The Labute approximate surface area is 137 Å². The van der Waals surface area contributed by atoms with Crippen molar-refractivity contribution in [2.45, 2.75) is 19.9 Å². The van der Waals surface area contributed by atoms with E-state index in [1.54, 1.807) is 42.6 Å². The standard InChI is InChI=1S/C16H17N3O3S/c1-9(18-12-5-3-4-11(8-12)10(2)20)15(22)19-16-13(14(17)21)6-7-23-16/h3-9,18H,1-2H3,(H2,17,21)(H,19,22)/t9-/m1/s1. The lowest BCUT2D eigenvalue weighted by molar-refractivity contribution is -0.116. The molecule has 0 saturated carbocycles. The summed E-state index contributed by atoms with van der Waals surface area (Å²) in [6, 6.07) is 7.93. The average Bonchev–Trinajstić information content (AvgIpc) is 2.95. The van der Waals surface area contributed by atoms with Gasteiger partial charge in [0.2, 0.25) is 5.91 Å². The van der Waals surface area contributed by atoms with Crippen molar-refractivity contribution in [2.24, 2.45) is 5.73 Å². The Morgan fingerprint density at radius 1 is 1.22 bits per heavy atom. The molecule has 0 radical (unpaired) electrons. The fourth-order valence-electron chi connectivity index (χ4n) is 1.96. The third kappa shape index (κ3) is 4.17. The van der Waals surface area contributed by atoms with Gasteiger partial charge in [-0.05, 0) is 37.4 Å². The molecule has 0 bridgehead atoms. The quantitative estimate of drug-likeness (QED) is 0.708. The van der Waals surface area contributed by atoms with E-state index in [1.807, 2.05) is 0 Å². The first kappa shape index (κ1) is 16.7. The SMILES string of the molecule is CC(=O)c1cccc(N[C@H](C)C(=O)Nc2sccc2C(N)=O)c1. The summed E-state index contributed by atoms with van der Waals surface area (Å²) in [6.07, 6.45) is 0. The highest BCUT2D eigenvalue weighted by atomic mass is 32.1. The predicted molar refractivity (Wildman–Crippen MR) is 91.0 cm³/mol. The van der Waals surface area contributed by atoms with Gasteiger partial charge in [0.1, 0.15) is 11.0 Å². The van der Waals surface area contributed by atoms with Crippen LogP contribution in [0.25, 0.3) is 0 Å². The Morgan fingerprint density at radius 2 is 1.96 bits per heavy atom. The summed E-state index contributed by atoms with van der Waals surface area (Å²) in [7, 11) is 0. The summed E-state index contributed by atoms with van der Waals surface area (Å²) in [5.74, 6) is -0.935. The van der Waals surface area contributed by atoms with Crippen molar-refractivity contribution in [3.05, 3.63) is 46.8 Å². The minimum atomic E-state index is -0.587. The van der Waals surface area contributed by atoms with Crippen LogP contribution in [0.3, 0.4) is 0 Å². The number of anilines is 2. The van der Waals surface area contributed by atoms with Gasteiger partial charge in [-0.25, -0.2) is 0 Å².